The molecular formula is C10H10O. The molecule has 1 heteroatoms. The van der Waals surface area contributed by atoms with Gasteiger partial charge in [-0.05, 0) is 30.9 Å². The first-order valence-electron chi connectivity index (χ1n) is 3.30. The van der Waals surface area contributed by atoms with Gasteiger partial charge in [0.1, 0.15) is 0 Å². The maximum Gasteiger partial charge on any atom is 0.0621 e. The smallest absolute Gasteiger partial charge is 0.0621 e. The van der Waals surface area contributed by atoms with Crippen LogP contribution in [-0.2, 0) is 0 Å². The van der Waals surface area contributed by atoms with E-state index in [9.17, 15) is 0 Å². The Morgan fingerprint density at radius 3 is 2.36 bits per heavy atom. The average Bonchev–Trinajstić information content (AvgIpc) is 2.03. The van der Waals surface area contributed by atoms with E-state index in [1.807, 2.05) is 13.0 Å². The summed E-state index contributed by atoms with van der Waals surface area (Å²) in [6.07, 6.45) is 6.71. The fourth-order valence-corrected chi connectivity index (χ4v) is 0.350. The first-order chi connectivity index (χ1) is 5.41. The van der Waals surface area contributed by atoms with Gasteiger partial charge in [0.05, 0.1) is 6.61 Å². The lowest BCUT2D eigenvalue weighted by Crippen LogP contribution is -1.67. The molecule has 0 rings (SSSR count). The SMILES string of the molecule is C/C=C/C#CC#C/C=C\CO. The van der Waals surface area contributed by atoms with Crippen molar-refractivity contribution in [1.82, 2.24) is 0 Å². The Balaban J connectivity index is 3.74. The van der Waals surface area contributed by atoms with Crippen molar-refractivity contribution in [3.05, 3.63) is 24.3 Å². The summed E-state index contributed by atoms with van der Waals surface area (Å²) in [7, 11) is 0. The molecule has 11 heavy (non-hydrogen) atoms. The Morgan fingerprint density at radius 1 is 1.18 bits per heavy atom. The van der Waals surface area contributed by atoms with Crippen molar-refractivity contribution < 1.29 is 5.11 Å². The van der Waals surface area contributed by atoms with Crippen molar-refractivity contribution >= 4 is 0 Å². The molecule has 0 heterocycles. The van der Waals surface area contributed by atoms with Crippen LogP contribution < -0.4 is 0 Å². The Labute approximate surface area is 67.4 Å². The van der Waals surface area contributed by atoms with Gasteiger partial charge in [-0.15, -0.1) is 0 Å². The zero-order valence-electron chi connectivity index (χ0n) is 6.46. The van der Waals surface area contributed by atoms with E-state index in [4.69, 9.17) is 5.11 Å². The maximum absolute atomic E-state index is 8.31. The van der Waals surface area contributed by atoms with Crippen molar-refractivity contribution in [2.24, 2.45) is 0 Å². The quantitative estimate of drug-likeness (QED) is 0.549. The molecule has 1 nitrogen and oxygen atoms in total. The molecule has 0 aromatic heterocycles. The van der Waals surface area contributed by atoms with Crippen molar-refractivity contribution in [2.75, 3.05) is 6.61 Å². The highest BCUT2D eigenvalue weighted by Gasteiger charge is 1.59. The molecule has 1 N–H and O–H groups in total. The van der Waals surface area contributed by atoms with Gasteiger partial charge in [-0.2, -0.15) is 0 Å². The van der Waals surface area contributed by atoms with Crippen LogP contribution in [0.3, 0.4) is 0 Å². The van der Waals surface area contributed by atoms with E-state index in [1.165, 1.54) is 0 Å². The van der Waals surface area contributed by atoms with Crippen molar-refractivity contribution in [3.63, 3.8) is 0 Å². The Morgan fingerprint density at radius 2 is 1.82 bits per heavy atom. The molecule has 0 aromatic carbocycles. The second-order valence-corrected chi connectivity index (χ2v) is 1.62. The van der Waals surface area contributed by atoms with E-state index >= 15 is 0 Å². The Bertz CT molecular complexity index is 250. The predicted octanol–water partition coefficient (Wildman–Crippen LogP) is 1.12. The standard InChI is InChI=1S/C10H10O/c1-2-3-4-5-6-7-8-9-10-11/h2-3,8-9,11H,10H2,1H3/b3-2+,9-8-. The van der Waals surface area contributed by atoms with E-state index in [1.54, 1.807) is 18.2 Å². The molecular weight excluding hydrogens is 136 g/mol. The monoisotopic (exact) mass is 146 g/mol. The van der Waals surface area contributed by atoms with Gasteiger partial charge in [0.2, 0.25) is 0 Å². The fourth-order valence-electron chi connectivity index (χ4n) is 0.350. The highest BCUT2D eigenvalue weighted by molar-refractivity contribution is 5.33. The minimum Gasteiger partial charge on any atom is -0.392 e. The Kier molecular flexibility index (Phi) is 7.44. The third-order valence-corrected chi connectivity index (χ3v) is 0.763. The molecule has 0 aliphatic carbocycles. The summed E-state index contributed by atoms with van der Waals surface area (Å²) in [6, 6.07) is 0. The van der Waals surface area contributed by atoms with Crippen LogP contribution in [0.15, 0.2) is 24.3 Å². The summed E-state index contributed by atoms with van der Waals surface area (Å²) >= 11 is 0. The number of aliphatic hydroxyl groups is 1. The number of allylic oxidation sites excluding steroid dienone is 3. The van der Waals surface area contributed by atoms with E-state index in [2.05, 4.69) is 23.7 Å². The highest BCUT2D eigenvalue weighted by Crippen LogP contribution is 1.66. The summed E-state index contributed by atoms with van der Waals surface area (Å²) < 4.78 is 0. The van der Waals surface area contributed by atoms with Crippen molar-refractivity contribution in [1.29, 1.82) is 0 Å². The van der Waals surface area contributed by atoms with Gasteiger partial charge >= 0.3 is 0 Å². The molecule has 0 atom stereocenters. The van der Waals surface area contributed by atoms with Crippen LogP contribution in [0.4, 0.5) is 0 Å². The van der Waals surface area contributed by atoms with E-state index < -0.39 is 0 Å². The van der Waals surface area contributed by atoms with Crippen molar-refractivity contribution in [3.8, 4) is 23.7 Å². The topological polar surface area (TPSA) is 20.2 Å². The zero-order chi connectivity index (χ0) is 8.36. The molecule has 0 spiro atoms. The molecule has 56 valence electrons. The number of aliphatic hydroxyl groups excluding tert-OH is 1. The lowest BCUT2D eigenvalue weighted by Gasteiger charge is -1.68. The number of rotatable bonds is 1. The van der Waals surface area contributed by atoms with Crippen LogP contribution in [0.5, 0.6) is 0 Å². The summed E-state index contributed by atoms with van der Waals surface area (Å²) in [4.78, 5) is 0. The molecule has 0 bridgehead atoms. The van der Waals surface area contributed by atoms with Crippen LogP contribution in [0, 0.1) is 23.7 Å². The third-order valence-electron chi connectivity index (χ3n) is 0.763. The minimum atomic E-state index is 0.0248. The molecule has 0 saturated heterocycles. The molecule has 0 unspecified atom stereocenters. The van der Waals surface area contributed by atoms with E-state index in [-0.39, 0.29) is 6.61 Å². The van der Waals surface area contributed by atoms with Gasteiger partial charge in [-0.1, -0.05) is 24.0 Å². The minimum absolute atomic E-state index is 0.0248. The van der Waals surface area contributed by atoms with E-state index in [0.717, 1.165) is 0 Å². The van der Waals surface area contributed by atoms with Crippen LogP contribution in [0.25, 0.3) is 0 Å². The molecule has 0 saturated carbocycles. The molecule has 0 radical (unpaired) electrons. The van der Waals surface area contributed by atoms with Gasteiger partial charge < -0.3 is 5.11 Å². The summed E-state index contributed by atoms with van der Waals surface area (Å²) in [5, 5.41) is 8.31. The Hall–Kier alpha value is -1.44. The average molecular weight is 146 g/mol. The van der Waals surface area contributed by atoms with Crippen molar-refractivity contribution in [2.45, 2.75) is 6.92 Å². The van der Waals surface area contributed by atoms with E-state index in [0.29, 0.717) is 0 Å². The third kappa shape index (κ3) is 8.56. The summed E-state index contributed by atoms with van der Waals surface area (Å²) in [5.41, 5.74) is 0. The van der Waals surface area contributed by atoms with Crippen LogP contribution in [0.1, 0.15) is 6.92 Å². The van der Waals surface area contributed by atoms with Gasteiger partial charge in [-0.3, -0.25) is 0 Å². The van der Waals surface area contributed by atoms with Crippen LogP contribution in [-0.4, -0.2) is 11.7 Å². The molecule has 0 aliphatic heterocycles. The largest absolute Gasteiger partial charge is 0.392 e. The first-order valence-corrected chi connectivity index (χ1v) is 3.30. The lowest BCUT2D eigenvalue weighted by atomic mass is 10.4. The van der Waals surface area contributed by atoms with Crippen LogP contribution in [0.2, 0.25) is 0 Å². The first kappa shape index (κ1) is 9.56. The second kappa shape index (κ2) is 8.56. The summed E-state index contributed by atoms with van der Waals surface area (Å²) in [5.74, 6) is 10.6. The fraction of sp³-hybridized carbons (Fsp3) is 0.200. The predicted molar refractivity (Wildman–Crippen MR) is 46.6 cm³/mol. The van der Waals surface area contributed by atoms with Gasteiger partial charge in [0.15, 0.2) is 0 Å². The lowest BCUT2D eigenvalue weighted by molar-refractivity contribution is 0.343. The summed E-state index contributed by atoms with van der Waals surface area (Å²) in [6.45, 7) is 1.92. The molecule has 0 amide bonds. The normalized spacial score (nSPS) is 8.91. The second-order valence-electron chi connectivity index (χ2n) is 1.62. The number of hydrogen-bond donors (Lipinski definition) is 1. The van der Waals surface area contributed by atoms with Gasteiger partial charge in [0, 0.05) is 0 Å². The molecule has 0 fully saturated rings. The zero-order valence-corrected chi connectivity index (χ0v) is 6.46. The highest BCUT2D eigenvalue weighted by atomic mass is 16.2. The van der Waals surface area contributed by atoms with Crippen LogP contribution >= 0.6 is 0 Å². The number of hydrogen-bond acceptors (Lipinski definition) is 1. The maximum atomic E-state index is 8.31. The molecule has 0 aliphatic rings. The van der Waals surface area contributed by atoms with Gasteiger partial charge in [0.25, 0.3) is 0 Å². The van der Waals surface area contributed by atoms with Gasteiger partial charge in [-0.25, -0.2) is 0 Å². The molecule has 0 aromatic rings.